The second-order valence-corrected chi connectivity index (χ2v) is 11.7. The Morgan fingerprint density at radius 1 is 1.00 bits per heavy atom. The second kappa shape index (κ2) is 12.9. The summed E-state index contributed by atoms with van der Waals surface area (Å²) in [6.45, 7) is 4.92. The molecule has 0 heterocycles. The molecule has 0 radical (unpaired) electrons. The molecule has 0 unspecified atom stereocenters. The molecule has 1 aromatic carbocycles. The van der Waals surface area contributed by atoms with E-state index in [9.17, 15) is 13.2 Å². The molecule has 2 rings (SSSR count). The molecular weight excluding hydrogens is 454 g/mol. The predicted molar refractivity (Wildman–Crippen MR) is 135 cm³/mol. The van der Waals surface area contributed by atoms with E-state index < -0.39 is 10.0 Å². The number of likely N-dealkylation sites (N-methyl/N-ethyl adjacent to an activating group) is 2. The van der Waals surface area contributed by atoms with Crippen molar-refractivity contribution < 1.29 is 22.7 Å². The number of rotatable bonds is 12. The zero-order chi connectivity index (χ0) is 25.5. The third-order valence-electron chi connectivity index (χ3n) is 6.86. The van der Waals surface area contributed by atoms with Crippen LogP contribution in [-0.2, 0) is 19.6 Å². The third kappa shape index (κ3) is 7.66. The van der Waals surface area contributed by atoms with Gasteiger partial charge in [-0.25, -0.2) is 8.42 Å². The van der Waals surface area contributed by atoms with Crippen molar-refractivity contribution in [1.29, 1.82) is 0 Å². The standard InChI is InChI=1S/C25H43N3O5S/c1-19-16-23(32-7)17-20(2)25(19)34(30,31)27(5)14-15-33-18-24(29)28(6)22-10-8-21(9-11-22)12-13-26(3)4/h16-17,21-22H,8-15,18H2,1-7H3. The molecule has 194 valence electrons. The number of nitrogens with zero attached hydrogens (tertiary/aromatic N) is 3. The highest BCUT2D eigenvalue weighted by atomic mass is 32.2. The summed E-state index contributed by atoms with van der Waals surface area (Å²) in [5.41, 5.74) is 1.27. The van der Waals surface area contributed by atoms with Crippen molar-refractivity contribution in [2.45, 2.75) is 56.9 Å². The first kappa shape index (κ1) is 28.6. The zero-order valence-corrected chi connectivity index (χ0v) is 22.8. The van der Waals surface area contributed by atoms with Gasteiger partial charge < -0.3 is 19.3 Å². The van der Waals surface area contributed by atoms with Crippen LogP contribution >= 0.6 is 0 Å². The number of aryl methyl sites for hydroxylation is 2. The van der Waals surface area contributed by atoms with Crippen LogP contribution in [0.3, 0.4) is 0 Å². The van der Waals surface area contributed by atoms with Crippen molar-refractivity contribution in [2.24, 2.45) is 5.92 Å². The van der Waals surface area contributed by atoms with Crippen molar-refractivity contribution in [1.82, 2.24) is 14.1 Å². The van der Waals surface area contributed by atoms with E-state index in [0.717, 1.165) is 38.1 Å². The number of carbonyl (C=O) groups excluding carboxylic acids is 1. The molecule has 0 atom stereocenters. The van der Waals surface area contributed by atoms with Crippen LogP contribution in [0.15, 0.2) is 17.0 Å². The van der Waals surface area contributed by atoms with E-state index >= 15 is 0 Å². The molecule has 1 aliphatic carbocycles. The van der Waals surface area contributed by atoms with Crippen LogP contribution in [0, 0.1) is 19.8 Å². The van der Waals surface area contributed by atoms with E-state index in [1.165, 1.54) is 17.8 Å². The molecule has 1 saturated carbocycles. The average molecular weight is 498 g/mol. The Hall–Kier alpha value is -1.68. The minimum Gasteiger partial charge on any atom is -0.497 e. The van der Waals surface area contributed by atoms with Gasteiger partial charge in [0.25, 0.3) is 0 Å². The molecule has 9 heteroatoms. The van der Waals surface area contributed by atoms with Gasteiger partial charge in [0.15, 0.2) is 0 Å². The Balaban J connectivity index is 1.79. The van der Waals surface area contributed by atoms with Crippen LogP contribution in [0.4, 0.5) is 0 Å². The topological polar surface area (TPSA) is 79.4 Å². The first-order valence-electron chi connectivity index (χ1n) is 12.1. The number of ether oxygens (including phenoxy) is 2. The second-order valence-electron chi connectivity index (χ2n) is 9.74. The summed E-state index contributed by atoms with van der Waals surface area (Å²) in [6.07, 6.45) is 5.59. The summed E-state index contributed by atoms with van der Waals surface area (Å²) in [5, 5.41) is 0. The van der Waals surface area contributed by atoms with Gasteiger partial charge in [0.05, 0.1) is 18.6 Å². The maximum atomic E-state index is 13.1. The molecule has 0 saturated heterocycles. The van der Waals surface area contributed by atoms with Crippen molar-refractivity contribution in [3.05, 3.63) is 23.3 Å². The molecule has 1 aliphatic rings. The number of hydrogen-bond acceptors (Lipinski definition) is 6. The highest BCUT2D eigenvalue weighted by molar-refractivity contribution is 7.89. The molecule has 1 aromatic rings. The van der Waals surface area contributed by atoms with Crippen LogP contribution in [0.25, 0.3) is 0 Å². The molecule has 1 amide bonds. The minimum absolute atomic E-state index is 0.0362. The molecule has 0 bridgehead atoms. The molecule has 1 fully saturated rings. The smallest absolute Gasteiger partial charge is 0.248 e. The fourth-order valence-corrected chi connectivity index (χ4v) is 6.19. The lowest BCUT2D eigenvalue weighted by Gasteiger charge is -2.35. The lowest BCUT2D eigenvalue weighted by atomic mass is 9.83. The normalized spacial score (nSPS) is 19.0. The summed E-state index contributed by atoms with van der Waals surface area (Å²) in [4.78, 5) is 16.9. The molecular formula is C25H43N3O5S. The monoisotopic (exact) mass is 497 g/mol. The van der Waals surface area contributed by atoms with Gasteiger partial charge in [-0.3, -0.25) is 4.79 Å². The summed E-state index contributed by atoms with van der Waals surface area (Å²) in [6, 6.07) is 3.69. The molecule has 0 aromatic heterocycles. The zero-order valence-electron chi connectivity index (χ0n) is 22.0. The highest BCUT2D eigenvalue weighted by Crippen LogP contribution is 2.30. The van der Waals surface area contributed by atoms with Crippen LogP contribution in [0.5, 0.6) is 5.75 Å². The molecule has 0 spiro atoms. The Morgan fingerprint density at radius 2 is 1.59 bits per heavy atom. The number of amides is 1. The molecule has 0 N–H and O–H groups in total. The van der Waals surface area contributed by atoms with Crippen molar-refractivity contribution in [2.75, 3.05) is 61.6 Å². The SMILES string of the molecule is COc1cc(C)c(S(=O)(=O)N(C)CCOCC(=O)N(C)C2CCC(CCN(C)C)CC2)c(C)c1. The first-order valence-corrected chi connectivity index (χ1v) is 13.5. The van der Waals surface area contributed by atoms with E-state index in [4.69, 9.17) is 9.47 Å². The predicted octanol–water partition coefficient (Wildman–Crippen LogP) is 2.92. The van der Waals surface area contributed by atoms with Gasteiger partial charge >= 0.3 is 0 Å². The molecule has 0 aliphatic heterocycles. The van der Waals surface area contributed by atoms with Gasteiger partial charge in [0.2, 0.25) is 15.9 Å². The van der Waals surface area contributed by atoms with E-state index in [-0.39, 0.29) is 36.6 Å². The number of hydrogen-bond donors (Lipinski definition) is 0. The third-order valence-corrected chi connectivity index (χ3v) is 9.02. The van der Waals surface area contributed by atoms with Crippen molar-refractivity contribution in [3.63, 3.8) is 0 Å². The summed E-state index contributed by atoms with van der Waals surface area (Å²) in [7, 11) is 5.47. The highest BCUT2D eigenvalue weighted by Gasteiger charge is 2.27. The Labute approximate surface area is 206 Å². The summed E-state index contributed by atoms with van der Waals surface area (Å²) >= 11 is 0. The number of methoxy groups -OCH3 is 1. The largest absolute Gasteiger partial charge is 0.497 e. The van der Waals surface area contributed by atoms with Gasteiger partial charge in [-0.2, -0.15) is 4.31 Å². The molecule has 34 heavy (non-hydrogen) atoms. The Bertz CT molecular complexity index is 888. The minimum atomic E-state index is -3.68. The van der Waals surface area contributed by atoms with Crippen molar-refractivity contribution in [3.8, 4) is 5.75 Å². The first-order chi connectivity index (χ1) is 16.0. The fraction of sp³-hybridized carbons (Fsp3) is 0.720. The maximum Gasteiger partial charge on any atom is 0.248 e. The molecule has 8 nitrogen and oxygen atoms in total. The lowest BCUT2D eigenvalue weighted by Crippen LogP contribution is -2.41. The average Bonchev–Trinajstić information content (AvgIpc) is 2.79. The van der Waals surface area contributed by atoms with Gasteiger partial charge in [-0.1, -0.05) is 0 Å². The Morgan fingerprint density at radius 3 is 2.12 bits per heavy atom. The summed E-state index contributed by atoms with van der Waals surface area (Å²) < 4.78 is 38.2. The van der Waals surface area contributed by atoms with E-state index in [1.807, 2.05) is 11.9 Å². The van der Waals surface area contributed by atoms with Gasteiger partial charge in [0, 0.05) is 26.7 Å². The van der Waals surface area contributed by atoms with Crippen LogP contribution in [-0.4, -0.2) is 96.1 Å². The Kier molecular flexibility index (Phi) is 10.8. The maximum absolute atomic E-state index is 13.1. The van der Waals surface area contributed by atoms with Crippen LogP contribution in [0.2, 0.25) is 0 Å². The van der Waals surface area contributed by atoms with Gasteiger partial charge in [0.1, 0.15) is 12.4 Å². The van der Waals surface area contributed by atoms with Gasteiger partial charge in [-0.05, 0) is 95.8 Å². The van der Waals surface area contributed by atoms with Gasteiger partial charge in [-0.15, -0.1) is 0 Å². The van der Waals surface area contributed by atoms with Crippen LogP contribution < -0.4 is 4.74 Å². The number of sulfonamides is 1. The summed E-state index contributed by atoms with van der Waals surface area (Å²) in [5.74, 6) is 1.32. The van der Waals surface area contributed by atoms with Crippen molar-refractivity contribution >= 4 is 15.9 Å². The fourth-order valence-electron chi connectivity index (χ4n) is 4.63. The number of benzene rings is 1. The lowest BCUT2D eigenvalue weighted by molar-refractivity contribution is -0.137. The van der Waals surface area contributed by atoms with E-state index in [2.05, 4.69) is 19.0 Å². The van der Waals surface area contributed by atoms with E-state index in [1.54, 1.807) is 33.1 Å². The van der Waals surface area contributed by atoms with Crippen LogP contribution in [0.1, 0.15) is 43.2 Å². The van der Waals surface area contributed by atoms with E-state index in [0.29, 0.717) is 16.9 Å². The number of carbonyl (C=O) groups is 1. The quantitative estimate of drug-likeness (QED) is 0.413.